The van der Waals surface area contributed by atoms with Crippen molar-refractivity contribution in [3.8, 4) is 0 Å². The van der Waals surface area contributed by atoms with Crippen molar-refractivity contribution >= 4 is 6.21 Å². The first-order valence-corrected chi connectivity index (χ1v) is 5.29. The van der Waals surface area contributed by atoms with Gasteiger partial charge in [0, 0.05) is 6.21 Å². The van der Waals surface area contributed by atoms with Crippen LogP contribution in [-0.2, 0) is 4.84 Å². The number of rotatable bonds is 2. The Morgan fingerprint density at radius 3 is 2.31 bits per heavy atom. The summed E-state index contributed by atoms with van der Waals surface area (Å²) in [6, 6.07) is 0. The van der Waals surface area contributed by atoms with E-state index in [1.54, 1.807) is 0 Å². The van der Waals surface area contributed by atoms with Crippen molar-refractivity contribution in [2.75, 3.05) is 0 Å². The molecule has 0 atom stereocenters. The number of hydrogen-bond acceptors (Lipinski definition) is 2. The molecule has 0 spiro atoms. The van der Waals surface area contributed by atoms with Gasteiger partial charge in [-0.2, -0.15) is 0 Å². The maximum absolute atomic E-state index is 5.30. The molecular weight excluding hydrogens is 162 g/mol. The summed E-state index contributed by atoms with van der Waals surface area (Å²) in [7, 11) is 0. The minimum absolute atomic E-state index is 0.148. The standard InChI is InChI=1S/C11H21NO/c1-11(2,3)13-12-9-10-7-5-4-6-8-10/h9-10H,4-8H2,1-3H3/b12-9+. The van der Waals surface area contributed by atoms with Crippen LogP contribution in [0.4, 0.5) is 0 Å². The second-order valence-electron chi connectivity index (χ2n) is 4.86. The van der Waals surface area contributed by atoms with Gasteiger partial charge in [-0.25, -0.2) is 0 Å². The number of oxime groups is 1. The quantitative estimate of drug-likeness (QED) is 0.475. The number of nitrogens with zero attached hydrogens (tertiary/aromatic N) is 1. The van der Waals surface area contributed by atoms with E-state index in [9.17, 15) is 0 Å². The third-order valence-electron chi connectivity index (χ3n) is 2.25. The Kier molecular flexibility index (Phi) is 3.76. The van der Waals surface area contributed by atoms with E-state index in [1.165, 1.54) is 32.1 Å². The molecule has 0 saturated heterocycles. The van der Waals surface area contributed by atoms with Crippen molar-refractivity contribution in [3.05, 3.63) is 0 Å². The molecule has 0 bridgehead atoms. The monoisotopic (exact) mass is 183 g/mol. The lowest BCUT2D eigenvalue weighted by Crippen LogP contribution is -2.16. The molecule has 1 aliphatic rings. The summed E-state index contributed by atoms with van der Waals surface area (Å²) in [5.74, 6) is 0.663. The van der Waals surface area contributed by atoms with Gasteiger partial charge >= 0.3 is 0 Å². The average Bonchev–Trinajstić information content (AvgIpc) is 2.04. The molecule has 1 rings (SSSR count). The van der Waals surface area contributed by atoms with Crippen molar-refractivity contribution in [3.63, 3.8) is 0 Å². The fourth-order valence-electron chi connectivity index (χ4n) is 1.56. The second kappa shape index (κ2) is 4.64. The van der Waals surface area contributed by atoms with Crippen molar-refractivity contribution in [1.82, 2.24) is 0 Å². The van der Waals surface area contributed by atoms with Gasteiger partial charge < -0.3 is 4.84 Å². The van der Waals surface area contributed by atoms with Gasteiger partial charge in [-0.15, -0.1) is 0 Å². The first kappa shape index (κ1) is 10.6. The first-order chi connectivity index (χ1) is 6.08. The van der Waals surface area contributed by atoms with E-state index >= 15 is 0 Å². The predicted molar refractivity (Wildman–Crippen MR) is 55.9 cm³/mol. The zero-order valence-corrected chi connectivity index (χ0v) is 9.05. The largest absolute Gasteiger partial charge is 0.390 e. The molecule has 0 aromatic heterocycles. The molecule has 0 aromatic carbocycles. The normalized spacial score (nSPS) is 20.8. The van der Waals surface area contributed by atoms with Gasteiger partial charge in [-0.1, -0.05) is 24.4 Å². The van der Waals surface area contributed by atoms with Crippen molar-refractivity contribution in [2.24, 2.45) is 11.1 Å². The van der Waals surface area contributed by atoms with Crippen LogP contribution in [0.2, 0.25) is 0 Å². The van der Waals surface area contributed by atoms with Crippen LogP contribution in [0.25, 0.3) is 0 Å². The summed E-state index contributed by atoms with van der Waals surface area (Å²) in [6.07, 6.45) is 8.67. The van der Waals surface area contributed by atoms with Gasteiger partial charge in [0.2, 0.25) is 0 Å². The molecular formula is C11H21NO. The topological polar surface area (TPSA) is 21.6 Å². The summed E-state index contributed by atoms with van der Waals surface area (Å²) in [4.78, 5) is 5.30. The molecule has 2 heteroatoms. The Morgan fingerprint density at radius 1 is 1.15 bits per heavy atom. The second-order valence-corrected chi connectivity index (χ2v) is 4.86. The van der Waals surface area contributed by atoms with Crippen molar-refractivity contribution in [1.29, 1.82) is 0 Å². The van der Waals surface area contributed by atoms with Crippen LogP contribution in [-0.4, -0.2) is 11.8 Å². The maximum atomic E-state index is 5.30. The Morgan fingerprint density at radius 2 is 1.77 bits per heavy atom. The zero-order valence-electron chi connectivity index (χ0n) is 9.05. The third kappa shape index (κ3) is 4.91. The van der Waals surface area contributed by atoms with E-state index in [2.05, 4.69) is 5.16 Å². The van der Waals surface area contributed by atoms with Crippen LogP contribution in [0.3, 0.4) is 0 Å². The fraction of sp³-hybridized carbons (Fsp3) is 0.909. The summed E-state index contributed by atoms with van der Waals surface area (Å²) in [5.41, 5.74) is -0.148. The minimum atomic E-state index is -0.148. The summed E-state index contributed by atoms with van der Waals surface area (Å²) < 4.78 is 0. The molecule has 0 aromatic rings. The van der Waals surface area contributed by atoms with Gasteiger partial charge in [0.1, 0.15) is 5.60 Å². The molecule has 13 heavy (non-hydrogen) atoms. The highest BCUT2D eigenvalue weighted by molar-refractivity contribution is 5.59. The minimum Gasteiger partial charge on any atom is -0.390 e. The Labute approximate surface area is 81.3 Å². The summed E-state index contributed by atoms with van der Waals surface area (Å²) in [5, 5.41) is 4.04. The average molecular weight is 183 g/mol. The molecule has 76 valence electrons. The SMILES string of the molecule is CC(C)(C)O/N=C/C1CCCCC1. The van der Waals surface area contributed by atoms with E-state index < -0.39 is 0 Å². The predicted octanol–water partition coefficient (Wildman–Crippen LogP) is 3.37. The Balaban J connectivity index is 2.22. The Hall–Kier alpha value is -0.530. The van der Waals surface area contributed by atoms with Crippen LogP contribution in [0.1, 0.15) is 52.9 Å². The van der Waals surface area contributed by atoms with Gasteiger partial charge in [0.15, 0.2) is 0 Å². The van der Waals surface area contributed by atoms with E-state index in [0.717, 1.165) is 0 Å². The van der Waals surface area contributed by atoms with Crippen LogP contribution in [0.15, 0.2) is 5.16 Å². The summed E-state index contributed by atoms with van der Waals surface area (Å²) in [6.45, 7) is 6.06. The van der Waals surface area contributed by atoms with Crippen LogP contribution < -0.4 is 0 Å². The van der Waals surface area contributed by atoms with Gasteiger partial charge in [0.25, 0.3) is 0 Å². The number of hydrogen-bond donors (Lipinski definition) is 0. The van der Waals surface area contributed by atoms with E-state index in [4.69, 9.17) is 4.84 Å². The van der Waals surface area contributed by atoms with E-state index in [-0.39, 0.29) is 5.60 Å². The molecule has 0 aliphatic heterocycles. The molecule has 1 saturated carbocycles. The highest BCUT2D eigenvalue weighted by atomic mass is 16.6. The lowest BCUT2D eigenvalue weighted by molar-refractivity contribution is 0.000989. The highest BCUT2D eigenvalue weighted by Crippen LogP contribution is 2.22. The fourth-order valence-corrected chi connectivity index (χ4v) is 1.56. The molecule has 2 nitrogen and oxygen atoms in total. The third-order valence-corrected chi connectivity index (χ3v) is 2.25. The van der Waals surface area contributed by atoms with E-state index in [0.29, 0.717) is 5.92 Å². The molecule has 0 N–H and O–H groups in total. The zero-order chi connectivity index (χ0) is 9.73. The van der Waals surface area contributed by atoms with Crippen LogP contribution >= 0.6 is 0 Å². The molecule has 1 aliphatic carbocycles. The molecule has 0 radical (unpaired) electrons. The van der Waals surface area contributed by atoms with Gasteiger partial charge in [-0.3, -0.25) is 0 Å². The molecule has 1 fully saturated rings. The van der Waals surface area contributed by atoms with Crippen LogP contribution in [0.5, 0.6) is 0 Å². The lowest BCUT2D eigenvalue weighted by atomic mass is 9.90. The maximum Gasteiger partial charge on any atom is 0.129 e. The van der Waals surface area contributed by atoms with Gasteiger partial charge in [-0.05, 0) is 39.5 Å². The molecule has 0 unspecified atom stereocenters. The first-order valence-electron chi connectivity index (χ1n) is 5.29. The van der Waals surface area contributed by atoms with Gasteiger partial charge in [0.05, 0.1) is 0 Å². The van der Waals surface area contributed by atoms with Crippen LogP contribution in [0, 0.1) is 5.92 Å². The van der Waals surface area contributed by atoms with Crippen molar-refractivity contribution < 1.29 is 4.84 Å². The molecule has 0 heterocycles. The van der Waals surface area contributed by atoms with Crippen molar-refractivity contribution in [2.45, 2.75) is 58.5 Å². The highest BCUT2D eigenvalue weighted by Gasteiger charge is 2.12. The summed E-state index contributed by atoms with van der Waals surface area (Å²) >= 11 is 0. The molecule has 0 amide bonds. The lowest BCUT2D eigenvalue weighted by Gasteiger charge is -2.19. The smallest absolute Gasteiger partial charge is 0.129 e. The Bertz CT molecular complexity index is 163. The van der Waals surface area contributed by atoms with E-state index in [1.807, 2.05) is 27.0 Å².